The summed E-state index contributed by atoms with van der Waals surface area (Å²) in [5.41, 5.74) is 0. The van der Waals surface area contributed by atoms with E-state index in [-0.39, 0.29) is 11.1 Å². The predicted octanol–water partition coefficient (Wildman–Crippen LogP) is 3.47. The van der Waals surface area contributed by atoms with Gasteiger partial charge < -0.3 is 19.0 Å². The molecular weight excluding hydrogens is 404 g/mol. The van der Waals surface area contributed by atoms with E-state index in [9.17, 15) is 5.11 Å². The summed E-state index contributed by atoms with van der Waals surface area (Å²) < 4.78 is 18.0. The van der Waals surface area contributed by atoms with Crippen LogP contribution in [-0.2, 0) is 13.9 Å². The van der Waals surface area contributed by atoms with Crippen LogP contribution in [0.3, 0.4) is 0 Å². The summed E-state index contributed by atoms with van der Waals surface area (Å²) in [7, 11) is -2.58. The van der Waals surface area contributed by atoms with Gasteiger partial charge in [0.1, 0.15) is 6.10 Å². The van der Waals surface area contributed by atoms with Crippen LogP contribution in [0.15, 0.2) is 60.7 Å². The second-order valence-corrected chi connectivity index (χ2v) is 13.7. The summed E-state index contributed by atoms with van der Waals surface area (Å²) in [4.78, 5) is 0. The zero-order valence-electron chi connectivity index (χ0n) is 19.2. The maximum absolute atomic E-state index is 10.4. The molecule has 5 heteroatoms. The summed E-state index contributed by atoms with van der Waals surface area (Å²) >= 11 is 0. The minimum absolute atomic E-state index is 0.0858. The van der Waals surface area contributed by atoms with E-state index in [0.29, 0.717) is 19.6 Å². The standard InChI is InChI=1S/C26H34O4Si/c1-25(2,3)31(21-14-8-6-9-15-21,22-16-10-7-11-17-22)29-19-13-12-18-23(27)24-20-28-26(4,5)30-24/h6-11,14-17,23-24,27H,18-20H2,1-5H3/t23?,24-/m1/s1. The summed E-state index contributed by atoms with van der Waals surface area (Å²) in [5, 5.41) is 12.8. The predicted molar refractivity (Wildman–Crippen MR) is 127 cm³/mol. The molecule has 0 radical (unpaired) electrons. The molecule has 2 atom stereocenters. The topological polar surface area (TPSA) is 47.9 Å². The number of hydrogen-bond acceptors (Lipinski definition) is 4. The van der Waals surface area contributed by atoms with Gasteiger partial charge in [0.25, 0.3) is 8.32 Å². The normalized spacial score (nSPS) is 19.5. The molecule has 1 heterocycles. The van der Waals surface area contributed by atoms with Crippen LogP contribution in [0.4, 0.5) is 0 Å². The van der Waals surface area contributed by atoms with Crippen LogP contribution in [0, 0.1) is 11.8 Å². The molecule has 0 bridgehead atoms. The second kappa shape index (κ2) is 9.68. The van der Waals surface area contributed by atoms with Crippen molar-refractivity contribution in [3.8, 4) is 11.8 Å². The lowest BCUT2D eigenvalue weighted by molar-refractivity contribution is -0.150. The van der Waals surface area contributed by atoms with Gasteiger partial charge in [-0.05, 0) is 29.3 Å². The zero-order chi connectivity index (χ0) is 22.5. The fourth-order valence-corrected chi connectivity index (χ4v) is 8.61. The highest BCUT2D eigenvalue weighted by Gasteiger charge is 2.50. The van der Waals surface area contributed by atoms with Crippen molar-refractivity contribution in [1.29, 1.82) is 0 Å². The Morgan fingerprint density at radius 3 is 2.03 bits per heavy atom. The largest absolute Gasteiger partial charge is 0.396 e. The first-order valence-corrected chi connectivity index (χ1v) is 12.8. The third-order valence-corrected chi connectivity index (χ3v) is 10.7. The molecule has 1 fully saturated rings. The first kappa shape index (κ1) is 23.7. The second-order valence-electron chi connectivity index (χ2n) is 9.44. The van der Waals surface area contributed by atoms with E-state index in [1.807, 2.05) is 26.0 Å². The van der Waals surface area contributed by atoms with Crippen LogP contribution >= 0.6 is 0 Å². The molecular formula is C26H34O4Si. The van der Waals surface area contributed by atoms with Gasteiger partial charge in [0.15, 0.2) is 5.79 Å². The molecule has 1 aliphatic rings. The lowest BCUT2D eigenvalue weighted by atomic mass is 10.1. The Morgan fingerprint density at radius 1 is 1.03 bits per heavy atom. The molecule has 4 nitrogen and oxygen atoms in total. The van der Waals surface area contributed by atoms with Gasteiger partial charge in [0.2, 0.25) is 0 Å². The molecule has 1 N–H and O–H groups in total. The Labute approximate surface area is 187 Å². The van der Waals surface area contributed by atoms with Crippen molar-refractivity contribution in [2.75, 3.05) is 13.2 Å². The van der Waals surface area contributed by atoms with Crippen molar-refractivity contribution in [3.05, 3.63) is 60.7 Å². The van der Waals surface area contributed by atoms with E-state index >= 15 is 0 Å². The Balaban J connectivity index is 1.77. The van der Waals surface area contributed by atoms with E-state index in [0.717, 1.165) is 0 Å². The molecule has 2 aromatic rings. The molecule has 1 aliphatic heterocycles. The van der Waals surface area contributed by atoms with E-state index in [1.54, 1.807) is 0 Å². The number of aliphatic hydroxyl groups excluding tert-OH is 1. The van der Waals surface area contributed by atoms with Gasteiger partial charge in [0.05, 0.1) is 19.3 Å². The van der Waals surface area contributed by atoms with Crippen molar-refractivity contribution in [2.24, 2.45) is 0 Å². The van der Waals surface area contributed by atoms with Crippen LogP contribution in [0.25, 0.3) is 0 Å². The van der Waals surface area contributed by atoms with Crippen molar-refractivity contribution in [3.63, 3.8) is 0 Å². The van der Waals surface area contributed by atoms with Crippen molar-refractivity contribution < 1.29 is 19.0 Å². The lowest BCUT2D eigenvalue weighted by Crippen LogP contribution is -2.66. The third kappa shape index (κ3) is 5.46. The number of hydrogen-bond donors (Lipinski definition) is 1. The van der Waals surface area contributed by atoms with Crippen LogP contribution in [0.1, 0.15) is 41.0 Å². The van der Waals surface area contributed by atoms with Crippen molar-refractivity contribution in [2.45, 2.75) is 64.1 Å². The number of benzene rings is 2. The molecule has 0 aliphatic carbocycles. The lowest BCUT2D eigenvalue weighted by Gasteiger charge is -2.42. The quantitative estimate of drug-likeness (QED) is 0.554. The van der Waals surface area contributed by atoms with Gasteiger partial charge in [0, 0.05) is 6.42 Å². The summed E-state index contributed by atoms with van der Waals surface area (Å²) in [6.07, 6.45) is -0.696. The van der Waals surface area contributed by atoms with Crippen LogP contribution in [0.5, 0.6) is 0 Å². The number of ether oxygens (including phenoxy) is 2. The smallest absolute Gasteiger partial charge is 0.262 e. The van der Waals surface area contributed by atoms with E-state index in [4.69, 9.17) is 13.9 Å². The molecule has 166 valence electrons. The maximum Gasteiger partial charge on any atom is 0.262 e. The van der Waals surface area contributed by atoms with Crippen molar-refractivity contribution >= 4 is 18.7 Å². The Hall–Kier alpha value is -1.94. The zero-order valence-corrected chi connectivity index (χ0v) is 20.2. The van der Waals surface area contributed by atoms with Gasteiger partial charge in [-0.25, -0.2) is 0 Å². The van der Waals surface area contributed by atoms with E-state index in [1.165, 1.54) is 10.4 Å². The third-order valence-electron chi connectivity index (χ3n) is 5.67. The van der Waals surface area contributed by atoms with Gasteiger partial charge in [-0.3, -0.25) is 0 Å². The molecule has 3 rings (SSSR count). The summed E-state index contributed by atoms with van der Waals surface area (Å²) in [6, 6.07) is 21.0. The Bertz CT molecular complexity index is 854. The first-order valence-electron chi connectivity index (χ1n) is 10.9. The Morgan fingerprint density at radius 2 is 1.58 bits per heavy atom. The molecule has 2 aromatic carbocycles. The molecule has 31 heavy (non-hydrogen) atoms. The van der Waals surface area contributed by atoms with E-state index < -0.39 is 20.2 Å². The molecule has 0 amide bonds. The minimum atomic E-state index is -2.58. The summed E-state index contributed by atoms with van der Waals surface area (Å²) in [6.45, 7) is 11.1. The molecule has 1 saturated heterocycles. The molecule has 0 aromatic heterocycles. The van der Waals surface area contributed by atoms with Crippen molar-refractivity contribution in [1.82, 2.24) is 0 Å². The average Bonchev–Trinajstić information content (AvgIpc) is 3.11. The maximum atomic E-state index is 10.4. The SMILES string of the molecule is CC1(C)OC[C@H](C(O)CC#CCO[Si](c2ccccc2)(c2ccccc2)C(C)(C)C)O1. The average molecular weight is 439 g/mol. The van der Waals surface area contributed by atoms with Crippen LogP contribution < -0.4 is 10.4 Å². The molecule has 1 unspecified atom stereocenters. The minimum Gasteiger partial charge on any atom is -0.396 e. The van der Waals surface area contributed by atoms with Gasteiger partial charge >= 0.3 is 0 Å². The fourth-order valence-electron chi connectivity index (χ4n) is 4.17. The number of aliphatic hydroxyl groups is 1. The molecule has 0 spiro atoms. The fraction of sp³-hybridized carbons (Fsp3) is 0.462. The van der Waals surface area contributed by atoms with Gasteiger partial charge in [-0.15, -0.1) is 0 Å². The highest BCUT2D eigenvalue weighted by molar-refractivity contribution is 6.99. The van der Waals surface area contributed by atoms with Crippen LogP contribution in [0.2, 0.25) is 5.04 Å². The summed E-state index contributed by atoms with van der Waals surface area (Å²) in [5.74, 6) is 5.56. The van der Waals surface area contributed by atoms with Gasteiger partial charge in [-0.2, -0.15) is 0 Å². The highest BCUT2D eigenvalue weighted by atomic mass is 28.4. The van der Waals surface area contributed by atoms with E-state index in [2.05, 4.69) is 81.1 Å². The molecule has 0 saturated carbocycles. The Kier molecular flexibility index (Phi) is 7.41. The number of rotatable bonds is 6. The monoisotopic (exact) mass is 438 g/mol. The first-order chi connectivity index (χ1) is 14.7. The highest BCUT2D eigenvalue weighted by Crippen LogP contribution is 2.36. The van der Waals surface area contributed by atoms with Gasteiger partial charge in [-0.1, -0.05) is 93.3 Å². The van der Waals surface area contributed by atoms with Crippen LogP contribution in [-0.4, -0.2) is 44.6 Å².